The minimum atomic E-state index is -3.36. The van der Waals surface area contributed by atoms with Gasteiger partial charge in [-0.05, 0) is 46.9 Å². The normalized spacial score (nSPS) is 13.8. The Morgan fingerprint density at radius 3 is 2.70 bits per heavy atom. The first kappa shape index (κ1) is 21.0. The molecule has 1 aromatic heterocycles. The summed E-state index contributed by atoms with van der Waals surface area (Å²) in [6, 6.07) is 10.5. The summed E-state index contributed by atoms with van der Waals surface area (Å²) in [6.07, 6.45) is 5.12. The molecule has 30 heavy (non-hydrogen) atoms. The molecule has 10 heteroatoms. The summed E-state index contributed by atoms with van der Waals surface area (Å²) in [7, 11) is -3.36. The van der Waals surface area contributed by atoms with Gasteiger partial charge in [-0.1, -0.05) is 35.5 Å². The average Bonchev–Trinajstić information content (AvgIpc) is 3.32. The van der Waals surface area contributed by atoms with Crippen LogP contribution in [0, 0.1) is 0 Å². The zero-order chi connectivity index (χ0) is 21.5. The van der Waals surface area contributed by atoms with E-state index in [9.17, 15) is 13.5 Å². The van der Waals surface area contributed by atoms with Crippen molar-refractivity contribution >= 4 is 56.3 Å². The molecule has 0 atom stereocenters. The number of aromatic nitrogens is 1. The largest absolute Gasteiger partial charge is 0.492 e. The van der Waals surface area contributed by atoms with Crippen LogP contribution in [0.5, 0.6) is 5.88 Å². The highest BCUT2D eigenvalue weighted by molar-refractivity contribution is 8.00. The van der Waals surface area contributed by atoms with E-state index in [0.717, 1.165) is 37.9 Å². The lowest BCUT2D eigenvalue weighted by Crippen LogP contribution is -2.16. The maximum atomic E-state index is 11.8. The van der Waals surface area contributed by atoms with Gasteiger partial charge in [0.2, 0.25) is 5.88 Å². The van der Waals surface area contributed by atoms with Crippen molar-refractivity contribution in [3.8, 4) is 5.88 Å². The molecule has 2 heterocycles. The quantitative estimate of drug-likeness (QED) is 0.570. The van der Waals surface area contributed by atoms with Crippen molar-refractivity contribution in [1.82, 2.24) is 4.98 Å². The standard InChI is InChI=1S/C20H16ClN3O3S3/c1-28-20-23-19(25)18(29-20)15(11-4-6-17-13(7-11)10-22-24-17)8-12-3-5-14(9-16(12)21)30(2,26)27/h3-7,9-10,25H,8H2,1-2H3. The fourth-order valence-electron chi connectivity index (χ4n) is 3.07. The topological polar surface area (TPSA) is 92.0 Å². The predicted molar refractivity (Wildman–Crippen MR) is 121 cm³/mol. The van der Waals surface area contributed by atoms with E-state index in [0.29, 0.717) is 16.3 Å². The molecule has 1 aliphatic heterocycles. The van der Waals surface area contributed by atoms with Crippen molar-refractivity contribution in [2.45, 2.75) is 15.7 Å². The summed E-state index contributed by atoms with van der Waals surface area (Å²) < 4.78 is 24.4. The first-order valence-electron chi connectivity index (χ1n) is 8.73. The molecule has 6 nitrogen and oxygen atoms in total. The van der Waals surface area contributed by atoms with Gasteiger partial charge in [-0.25, -0.2) is 8.42 Å². The summed E-state index contributed by atoms with van der Waals surface area (Å²) in [5, 5.41) is 20.5. The summed E-state index contributed by atoms with van der Waals surface area (Å²) >= 11 is 9.28. The Kier molecular flexibility index (Phi) is 5.71. The molecule has 154 valence electrons. The van der Waals surface area contributed by atoms with Crippen molar-refractivity contribution in [3.05, 3.63) is 68.0 Å². The minimum absolute atomic E-state index is 0.0397. The number of sulfone groups is 1. The third-order valence-corrected chi connectivity index (χ3v) is 8.15. The van der Waals surface area contributed by atoms with E-state index in [1.807, 2.05) is 24.5 Å². The maximum Gasteiger partial charge on any atom is 0.230 e. The fraction of sp³-hybridized carbons (Fsp3) is 0.150. The maximum absolute atomic E-state index is 11.8. The Hall–Kier alpha value is -2.20. The van der Waals surface area contributed by atoms with Crippen LogP contribution in [-0.2, 0) is 16.3 Å². The van der Waals surface area contributed by atoms with Gasteiger partial charge < -0.3 is 5.11 Å². The molecule has 0 radical (unpaired) electrons. The number of benzene rings is 2. The zero-order valence-electron chi connectivity index (χ0n) is 16.0. The van der Waals surface area contributed by atoms with Crippen molar-refractivity contribution in [3.63, 3.8) is 0 Å². The highest BCUT2D eigenvalue weighted by Gasteiger charge is 2.18. The Morgan fingerprint density at radius 2 is 2.03 bits per heavy atom. The van der Waals surface area contributed by atoms with E-state index in [2.05, 4.69) is 15.2 Å². The molecule has 0 amide bonds. The lowest BCUT2D eigenvalue weighted by Gasteiger charge is -2.10. The van der Waals surface area contributed by atoms with E-state index in [-0.39, 0.29) is 10.8 Å². The fourth-order valence-corrected chi connectivity index (χ4v) is 5.55. The van der Waals surface area contributed by atoms with Crippen LogP contribution in [0.4, 0.5) is 0 Å². The second-order valence-electron chi connectivity index (χ2n) is 6.64. The predicted octanol–water partition coefficient (Wildman–Crippen LogP) is 3.04. The first-order valence-corrected chi connectivity index (χ1v) is 13.0. The van der Waals surface area contributed by atoms with Crippen molar-refractivity contribution < 1.29 is 13.5 Å². The number of hydrogen-bond donors (Lipinski definition) is 1. The summed E-state index contributed by atoms with van der Waals surface area (Å²) in [6.45, 7) is 0. The molecule has 0 fully saturated rings. The van der Waals surface area contributed by atoms with Gasteiger partial charge >= 0.3 is 0 Å². The molecule has 0 spiro atoms. The number of thioether (sulfide) groups is 1. The van der Waals surface area contributed by atoms with Crippen LogP contribution < -0.4 is 10.6 Å². The van der Waals surface area contributed by atoms with E-state index in [1.54, 1.807) is 18.3 Å². The Balaban J connectivity index is 1.89. The van der Waals surface area contributed by atoms with Crippen LogP contribution in [0.3, 0.4) is 0 Å². The van der Waals surface area contributed by atoms with Gasteiger partial charge in [0.25, 0.3) is 0 Å². The Morgan fingerprint density at radius 1 is 1.23 bits per heavy atom. The molecule has 0 unspecified atom stereocenters. The Bertz CT molecular complexity index is 1410. The van der Waals surface area contributed by atoms with Crippen molar-refractivity contribution in [2.75, 3.05) is 12.5 Å². The lowest BCUT2D eigenvalue weighted by atomic mass is 10.00. The van der Waals surface area contributed by atoms with Crippen LogP contribution in [0.25, 0.3) is 5.57 Å². The third-order valence-electron chi connectivity index (χ3n) is 4.60. The van der Waals surface area contributed by atoms with Gasteiger partial charge in [-0.15, -0.1) is 11.3 Å². The monoisotopic (exact) mass is 477 g/mol. The minimum Gasteiger partial charge on any atom is -0.492 e. The van der Waals surface area contributed by atoms with E-state index >= 15 is 0 Å². The average molecular weight is 478 g/mol. The van der Waals surface area contributed by atoms with Crippen LogP contribution in [0.1, 0.15) is 16.0 Å². The highest BCUT2D eigenvalue weighted by Crippen LogP contribution is 2.36. The molecule has 2 aromatic carbocycles. The molecular formula is C20H16ClN3O3S3. The summed E-state index contributed by atoms with van der Waals surface area (Å²) in [5.41, 5.74) is 2.47. The highest BCUT2D eigenvalue weighted by atomic mass is 35.5. The molecule has 0 saturated carbocycles. The van der Waals surface area contributed by atoms with Crippen LogP contribution >= 0.6 is 34.7 Å². The van der Waals surface area contributed by atoms with E-state index < -0.39 is 9.84 Å². The second kappa shape index (κ2) is 8.14. The van der Waals surface area contributed by atoms with Gasteiger partial charge in [0.05, 0.1) is 21.3 Å². The van der Waals surface area contributed by atoms with Gasteiger partial charge in [-0.3, -0.25) is 0 Å². The number of fused-ring (bicyclic) bond motifs is 1. The number of rotatable bonds is 5. The van der Waals surface area contributed by atoms with Gasteiger partial charge in [-0.2, -0.15) is 15.2 Å². The van der Waals surface area contributed by atoms with Crippen LogP contribution in [-0.4, -0.2) is 37.2 Å². The SMILES string of the molecule is CSc1nc(O)c(C(Cc2ccc(S(C)(=O)=O)cc2Cl)=c2ccc3c(c2)C=NN=3)s1. The second-order valence-corrected chi connectivity index (χ2v) is 11.1. The van der Waals surface area contributed by atoms with E-state index in [1.165, 1.54) is 29.2 Å². The molecule has 3 aromatic rings. The van der Waals surface area contributed by atoms with Gasteiger partial charge in [0, 0.05) is 23.3 Å². The molecular weight excluding hydrogens is 462 g/mol. The van der Waals surface area contributed by atoms with Crippen LogP contribution in [0.2, 0.25) is 5.02 Å². The molecule has 0 bridgehead atoms. The smallest absolute Gasteiger partial charge is 0.230 e. The number of thiazole rings is 1. The van der Waals surface area contributed by atoms with Gasteiger partial charge in [0.1, 0.15) is 0 Å². The third kappa shape index (κ3) is 4.15. The Labute approximate surface area is 186 Å². The number of aromatic hydroxyl groups is 1. The summed E-state index contributed by atoms with van der Waals surface area (Å²) in [5.74, 6) is -0.0397. The lowest BCUT2D eigenvalue weighted by molar-refractivity contribution is 0.452. The van der Waals surface area contributed by atoms with E-state index in [4.69, 9.17) is 11.6 Å². The summed E-state index contributed by atoms with van der Waals surface area (Å²) in [4.78, 5) is 5.03. The molecule has 1 N–H and O–H groups in total. The van der Waals surface area contributed by atoms with Crippen molar-refractivity contribution in [1.29, 1.82) is 0 Å². The molecule has 0 aliphatic carbocycles. The molecule has 1 aliphatic rings. The molecule has 4 rings (SSSR count). The van der Waals surface area contributed by atoms with Crippen molar-refractivity contribution in [2.24, 2.45) is 10.2 Å². The zero-order valence-corrected chi connectivity index (χ0v) is 19.2. The van der Waals surface area contributed by atoms with Crippen LogP contribution in [0.15, 0.2) is 55.8 Å². The number of halogens is 1. The number of hydrogen-bond acceptors (Lipinski definition) is 8. The van der Waals surface area contributed by atoms with Gasteiger partial charge in [0.15, 0.2) is 14.2 Å². The number of nitrogens with zero attached hydrogens (tertiary/aromatic N) is 3. The first-order chi connectivity index (χ1) is 14.3. The molecule has 0 saturated heterocycles.